The van der Waals surface area contributed by atoms with E-state index >= 15 is 0 Å². The molecule has 6 heterocycles. The van der Waals surface area contributed by atoms with Gasteiger partial charge >= 0.3 is 0 Å². The number of hydrogen-bond donors (Lipinski definition) is 14. The van der Waals surface area contributed by atoms with Gasteiger partial charge < -0.3 is 82.3 Å². The molecule has 406 valence electrons. The molecule has 0 saturated carbocycles. The molecule has 76 heavy (non-hydrogen) atoms. The average Bonchev–Trinajstić information content (AvgIpc) is 4.25. The van der Waals surface area contributed by atoms with Crippen LogP contribution in [-0.4, -0.2) is 176 Å². The molecule has 0 fully saturated rings. The van der Waals surface area contributed by atoms with Gasteiger partial charge in [0.2, 0.25) is 47.3 Å². The van der Waals surface area contributed by atoms with Crippen molar-refractivity contribution in [1.82, 2.24) is 97.0 Å². The molecule has 8 amide bonds. The zero-order valence-electron chi connectivity index (χ0n) is 41.4. The lowest BCUT2D eigenvalue weighted by Gasteiger charge is -2.27. The molecule has 0 aliphatic carbocycles. The number of aromatic amines is 6. The molecule has 0 aliphatic rings. The van der Waals surface area contributed by atoms with Crippen LogP contribution in [0.3, 0.4) is 0 Å². The standard InChI is InChI=1S/C46H62N20O10/c1-2-5-76-20-40(68)54-4-7-75-6-3-39(67)61-34(9-28-15-49-22-56-28)42(70)63-36(11-30-17-51-24-58-30)44(72)65-38(13-32-19-53-26-60-32)46(74)66-37(12-31-18-52-25-59-31)45(73)64-35(10-29-16-50-23-57-29)43(71)62-33(41(47)69)8-27-14-48-21-55-27/h14-19,21-26,33-38H,2-13,20H2,1H3,(H2,47,69)(H,48,55)(H,49,56)(H,50,57)(H,51,58)(H,52,59)(H,53,60)(H,54,68)(H,61,67)(H,62,71)(H,63,70)(H,64,73)(H,65,72)(H,66,74)/t33-,34-,35-,36-,37-,38-/m0/s1. The fourth-order valence-electron chi connectivity index (χ4n) is 7.48. The minimum atomic E-state index is -1.43. The van der Waals surface area contributed by atoms with E-state index in [-0.39, 0.29) is 77.2 Å². The van der Waals surface area contributed by atoms with Crippen molar-refractivity contribution in [3.8, 4) is 0 Å². The minimum absolute atomic E-state index is 0.0280. The van der Waals surface area contributed by atoms with Crippen LogP contribution < -0.4 is 43.0 Å². The molecule has 6 aromatic heterocycles. The normalized spacial score (nSPS) is 13.5. The van der Waals surface area contributed by atoms with Crippen LogP contribution in [0.25, 0.3) is 0 Å². The third-order valence-corrected chi connectivity index (χ3v) is 11.3. The van der Waals surface area contributed by atoms with Gasteiger partial charge in [-0.3, -0.25) is 38.4 Å². The molecule has 30 heteroatoms. The third-order valence-electron chi connectivity index (χ3n) is 11.3. The summed E-state index contributed by atoms with van der Waals surface area (Å²) in [5.41, 5.74) is 8.36. The van der Waals surface area contributed by atoms with E-state index in [4.69, 9.17) is 15.2 Å². The van der Waals surface area contributed by atoms with Gasteiger partial charge in [-0.2, -0.15) is 0 Å². The highest BCUT2D eigenvalue weighted by atomic mass is 16.5. The second kappa shape index (κ2) is 29.6. The number of primary amides is 1. The number of nitrogens with one attached hydrogen (secondary N) is 13. The lowest BCUT2D eigenvalue weighted by molar-refractivity contribution is -0.135. The largest absolute Gasteiger partial charge is 0.379 e. The van der Waals surface area contributed by atoms with Crippen molar-refractivity contribution in [3.05, 3.63) is 109 Å². The molecule has 0 saturated heterocycles. The van der Waals surface area contributed by atoms with Crippen LogP contribution in [0.5, 0.6) is 0 Å². The molecule has 15 N–H and O–H groups in total. The van der Waals surface area contributed by atoms with E-state index in [0.29, 0.717) is 40.8 Å². The highest BCUT2D eigenvalue weighted by Gasteiger charge is 2.35. The number of nitrogens with two attached hydrogens (primary N) is 1. The van der Waals surface area contributed by atoms with E-state index in [1.54, 1.807) is 0 Å². The van der Waals surface area contributed by atoms with Crippen LogP contribution >= 0.6 is 0 Å². The first-order chi connectivity index (χ1) is 36.8. The van der Waals surface area contributed by atoms with Crippen molar-refractivity contribution in [3.63, 3.8) is 0 Å². The number of ether oxygens (including phenoxy) is 2. The molecule has 0 radical (unpaired) electrons. The van der Waals surface area contributed by atoms with Gasteiger partial charge in [0.15, 0.2) is 0 Å². The molecular weight excluding hydrogens is 993 g/mol. The van der Waals surface area contributed by atoms with Crippen LogP contribution in [0.1, 0.15) is 53.9 Å². The summed E-state index contributed by atoms with van der Waals surface area (Å²) < 4.78 is 10.7. The summed E-state index contributed by atoms with van der Waals surface area (Å²) >= 11 is 0. The van der Waals surface area contributed by atoms with E-state index in [0.717, 1.165) is 6.42 Å². The summed E-state index contributed by atoms with van der Waals surface area (Å²) in [7, 11) is 0. The molecule has 0 bridgehead atoms. The summed E-state index contributed by atoms with van der Waals surface area (Å²) in [4.78, 5) is 151. The molecule has 6 aromatic rings. The maximum absolute atomic E-state index is 14.6. The van der Waals surface area contributed by atoms with Crippen molar-refractivity contribution in [1.29, 1.82) is 0 Å². The fourth-order valence-corrected chi connectivity index (χ4v) is 7.48. The Bertz CT molecular complexity index is 2700. The lowest BCUT2D eigenvalue weighted by Crippen LogP contribution is -2.61. The Hall–Kier alpha value is -9.06. The van der Waals surface area contributed by atoms with Crippen LogP contribution in [0.2, 0.25) is 0 Å². The van der Waals surface area contributed by atoms with Crippen molar-refractivity contribution < 1.29 is 47.8 Å². The molecule has 30 nitrogen and oxygen atoms in total. The smallest absolute Gasteiger partial charge is 0.246 e. The predicted molar refractivity (Wildman–Crippen MR) is 264 cm³/mol. The average molecular weight is 1060 g/mol. The van der Waals surface area contributed by atoms with E-state index < -0.39 is 77.6 Å². The van der Waals surface area contributed by atoms with Gasteiger partial charge in [-0.1, -0.05) is 6.92 Å². The molecule has 6 rings (SSSR count). The second-order valence-electron chi connectivity index (χ2n) is 17.3. The summed E-state index contributed by atoms with van der Waals surface area (Å²) in [6, 6.07) is -8.03. The Balaban J connectivity index is 1.17. The van der Waals surface area contributed by atoms with E-state index in [2.05, 4.69) is 97.0 Å². The number of amides is 8. The number of nitrogens with zero attached hydrogens (tertiary/aromatic N) is 6. The highest BCUT2D eigenvalue weighted by Crippen LogP contribution is 2.10. The van der Waals surface area contributed by atoms with E-state index in [1.165, 1.54) is 75.1 Å². The molecule has 0 spiro atoms. The third kappa shape index (κ3) is 18.8. The number of imidazole rings is 6. The Morgan fingerprint density at radius 2 is 0.750 bits per heavy atom. The Labute approximate surface area is 433 Å². The van der Waals surface area contributed by atoms with Crippen LogP contribution in [-0.2, 0) is 86.4 Å². The van der Waals surface area contributed by atoms with Gasteiger partial charge in [0.1, 0.15) is 42.9 Å². The number of carbonyl (C=O) groups excluding carboxylic acids is 8. The fraction of sp³-hybridized carbons (Fsp3) is 0.435. The molecule has 0 aromatic carbocycles. The van der Waals surface area contributed by atoms with Gasteiger partial charge in [0, 0.05) is 129 Å². The molecular formula is C46H62N20O10. The topological polar surface area (TPSA) is 437 Å². The number of carbonyl (C=O) groups is 8. The Morgan fingerprint density at radius 3 is 1.05 bits per heavy atom. The zero-order valence-corrected chi connectivity index (χ0v) is 41.4. The first kappa shape index (κ1) is 56.2. The van der Waals surface area contributed by atoms with Crippen molar-refractivity contribution in [2.75, 3.05) is 33.0 Å². The molecule has 0 unspecified atom stereocenters. The van der Waals surface area contributed by atoms with Gasteiger partial charge in [0.05, 0.1) is 51.2 Å². The molecule has 0 aliphatic heterocycles. The maximum atomic E-state index is 14.6. The summed E-state index contributed by atoms with van der Waals surface area (Å²) in [6.07, 6.45) is 16.9. The number of aromatic nitrogens is 12. The summed E-state index contributed by atoms with van der Waals surface area (Å²) in [5, 5.41) is 18.8. The summed E-state index contributed by atoms with van der Waals surface area (Å²) in [5.74, 6) is -5.77. The van der Waals surface area contributed by atoms with Gasteiger partial charge in [-0.15, -0.1) is 0 Å². The van der Waals surface area contributed by atoms with Crippen molar-refractivity contribution in [2.45, 2.75) is 94.5 Å². The van der Waals surface area contributed by atoms with Gasteiger partial charge in [-0.05, 0) is 6.42 Å². The summed E-state index contributed by atoms with van der Waals surface area (Å²) in [6.45, 7) is 2.59. The van der Waals surface area contributed by atoms with Crippen molar-refractivity contribution >= 4 is 47.3 Å². The SMILES string of the molecule is CCCOCC(=O)NCCOCCC(=O)N[C@@H](Cc1cnc[nH]1)C(=O)N[C@@H](Cc1cnc[nH]1)C(=O)N[C@@H](Cc1cnc[nH]1)C(=O)N[C@@H](Cc1cnc[nH]1)C(=O)N[C@@H](Cc1cnc[nH]1)C(=O)N[C@@H](Cc1cnc[nH]1)C(N)=O. The van der Waals surface area contributed by atoms with Crippen LogP contribution in [0.4, 0.5) is 0 Å². The second-order valence-corrected chi connectivity index (χ2v) is 17.3. The number of hydrogen-bond acceptors (Lipinski definition) is 16. The predicted octanol–water partition coefficient (Wildman–Crippen LogP) is -3.88. The first-order valence-corrected chi connectivity index (χ1v) is 24.2. The van der Waals surface area contributed by atoms with E-state index in [1.807, 2.05) is 6.92 Å². The number of rotatable bonds is 34. The van der Waals surface area contributed by atoms with Crippen LogP contribution in [0, 0.1) is 0 Å². The van der Waals surface area contributed by atoms with E-state index in [9.17, 15) is 38.4 Å². The Morgan fingerprint density at radius 1 is 0.434 bits per heavy atom. The maximum Gasteiger partial charge on any atom is 0.246 e. The van der Waals surface area contributed by atoms with Gasteiger partial charge in [0.25, 0.3) is 0 Å². The van der Waals surface area contributed by atoms with Gasteiger partial charge in [-0.25, -0.2) is 29.9 Å². The number of H-pyrrole nitrogens is 6. The van der Waals surface area contributed by atoms with Crippen LogP contribution in [0.15, 0.2) is 75.1 Å². The Kier molecular flexibility index (Phi) is 21.9. The highest BCUT2D eigenvalue weighted by molar-refractivity contribution is 5.97. The molecule has 6 atom stereocenters. The monoisotopic (exact) mass is 1050 g/mol. The lowest BCUT2D eigenvalue weighted by atomic mass is 10.0. The minimum Gasteiger partial charge on any atom is -0.379 e. The quantitative estimate of drug-likeness (QED) is 0.0172. The zero-order chi connectivity index (χ0) is 54.1. The first-order valence-electron chi connectivity index (χ1n) is 24.2. The van der Waals surface area contributed by atoms with Crippen molar-refractivity contribution in [2.24, 2.45) is 5.73 Å².